The maximum absolute atomic E-state index is 13.5. The molecule has 0 atom stereocenters. The average molecular weight is 499 g/mol. The highest BCUT2D eigenvalue weighted by Gasteiger charge is 2.40. The first-order chi connectivity index (χ1) is 12.7. The number of aromatic nitrogens is 2. The molecule has 0 spiro atoms. The van der Waals surface area contributed by atoms with Crippen molar-refractivity contribution in [2.75, 3.05) is 0 Å². The first-order valence-corrected chi connectivity index (χ1v) is 9.46. The van der Waals surface area contributed by atoms with Gasteiger partial charge in [0.15, 0.2) is 5.69 Å². The summed E-state index contributed by atoms with van der Waals surface area (Å²) < 4.78 is 20.6. The molecule has 27 heavy (non-hydrogen) atoms. The second-order valence-electron chi connectivity index (χ2n) is 6.66. The van der Waals surface area contributed by atoms with Crippen molar-refractivity contribution in [3.63, 3.8) is 0 Å². The summed E-state index contributed by atoms with van der Waals surface area (Å²) >= 11 is 8.46. The van der Waals surface area contributed by atoms with Gasteiger partial charge in [-0.2, -0.15) is 5.10 Å². The number of hydrogen-bond donors (Lipinski definition) is 2. The van der Waals surface area contributed by atoms with Crippen LogP contribution in [0, 0.1) is 9.39 Å². The molecule has 2 heterocycles. The van der Waals surface area contributed by atoms with E-state index in [9.17, 15) is 14.3 Å². The van der Waals surface area contributed by atoms with Crippen LogP contribution in [-0.2, 0) is 5.60 Å². The zero-order valence-electron chi connectivity index (χ0n) is 14.2. The third kappa shape index (κ3) is 2.80. The molecule has 138 valence electrons. The minimum atomic E-state index is -1.10. The molecule has 8 heteroatoms. The molecule has 4 rings (SSSR count). The minimum Gasteiger partial charge on any atom is -0.482 e. The third-order valence-electron chi connectivity index (χ3n) is 4.50. The molecule has 5 nitrogen and oxygen atoms in total. The minimum absolute atomic E-state index is 0.000523. The fourth-order valence-electron chi connectivity index (χ4n) is 3.38. The molecule has 0 unspecified atom stereocenters. The maximum atomic E-state index is 13.5. The lowest BCUT2D eigenvalue weighted by atomic mass is 9.87. The van der Waals surface area contributed by atoms with E-state index >= 15 is 0 Å². The number of carboxylic acids is 1. The number of hydrogen-bond acceptors (Lipinski definition) is 3. The van der Waals surface area contributed by atoms with Crippen LogP contribution in [0.2, 0.25) is 5.02 Å². The number of rotatable bonds is 2. The molecule has 2 aromatic carbocycles. The summed E-state index contributed by atoms with van der Waals surface area (Å²) in [5, 5.41) is 16.6. The largest absolute Gasteiger partial charge is 0.482 e. The predicted octanol–water partition coefficient (Wildman–Crippen LogP) is 5.47. The third-order valence-corrected chi connectivity index (χ3v) is 5.71. The van der Waals surface area contributed by atoms with Gasteiger partial charge in [-0.1, -0.05) is 11.6 Å². The molecule has 2 N–H and O–H groups in total. The Balaban J connectivity index is 2.04. The quantitative estimate of drug-likeness (QED) is 0.460. The Morgan fingerprint density at radius 1 is 1.30 bits per heavy atom. The fraction of sp³-hybridized carbons (Fsp3) is 0.158. The number of nitrogens with one attached hydrogen (secondary N) is 1. The lowest BCUT2D eigenvalue weighted by Gasteiger charge is -2.34. The fourth-order valence-corrected chi connectivity index (χ4v) is 4.36. The lowest BCUT2D eigenvalue weighted by molar-refractivity contribution is 0.0665. The van der Waals surface area contributed by atoms with Crippen molar-refractivity contribution in [3.8, 4) is 28.1 Å². The van der Waals surface area contributed by atoms with E-state index in [4.69, 9.17) is 16.3 Å². The second-order valence-corrected chi connectivity index (χ2v) is 8.23. The van der Waals surface area contributed by atoms with Crippen molar-refractivity contribution in [2.24, 2.45) is 0 Å². The standard InChI is InChI=1S/C19H13ClFIN2O3/c1-19(2)14-15(23-24-16(14)18(25)26)10-5-6-12(22)13(17(10)27-19)9-4-3-8(21)7-11(9)20/h3-7H,1-2H3,(H,23,24)(H,25,26). The van der Waals surface area contributed by atoms with Crippen LogP contribution in [0.3, 0.4) is 0 Å². The SMILES string of the molecule is CC1(C)Oc2c(ccc(I)c2-c2ccc(F)cc2Cl)-c2n[nH]c(C(=O)O)c21. The van der Waals surface area contributed by atoms with Crippen LogP contribution >= 0.6 is 34.2 Å². The van der Waals surface area contributed by atoms with E-state index in [1.165, 1.54) is 12.1 Å². The second kappa shape index (κ2) is 6.20. The van der Waals surface area contributed by atoms with Gasteiger partial charge in [0, 0.05) is 20.3 Å². The molecular formula is C19H13ClFIN2O3. The van der Waals surface area contributed by atoms with Crippen LogP contribution in [0.15, 0.2) is 30.3 Å². The van der Waals surface area contributed by atoms with Crippen molar-refractivity contribution >= 4 is 40.2 Å². The number of aromatic amines is 1. The van der Waals surface area contributed by atoms with Crippen LogP contribution in [-0.4, -0.2) is 21.3 Å². The highest BCUT2D eigenvalue weighted by atomic mass is 127. The molecule has 0 saturated heterocycles. The smallest absolute Gasteiger partial charge is 0.354 e. The van der Waals surface area contributed by atoms with E-state index in [1.54, 1.807) is 19.9 Å². The number of carboxylic acid groups (broad SMARTS) is 1. The number of carbonyl (C=O) groups is 1. The molecule has 1 aliphatic heterocycles. The van der Waals surface area contributed by atoms with E-state index in [0.29, 0.717) is 28.1 Å². The van der Waals surface area contributed by atoms with E-state index in [2.05, 4.69) is 32.8 Å². The molecule has 1 aliphatic rings. The normalized spacial score (nSPS) is 14.3. The van der Waals surface area contributed by atoms with Crippen LogP contribution < -0.4 is 4.74 Å². The van der Waals surface area contributed by atoms with Crippen LogP contribution in [0.25, 0.3) is 22.4 Å². The van der Waals surface area contributed by atoms with Crippen molar-refractivity contribution < 1.29 is 19.0 Å². The van der Waals surface area contributed by atoms with Crippen molar-refractivity contribution in [1.82, 2.24) is 10.2 Å². The Labute approximate surface area is 172 Å². The molecule has 0 radical (unpaired) electrons. The maximum Gasteiger partial charge on any atom is 0.354 e. The lowest BCUT2D eigenvalue weighted by Crippen LogP contribution is -2.31. The van der Waals surface area contributed by atoms with Gasteiger partial charge in [0.05, 0.1) is 10.6 Å². The molecule has 0 saturated carbocycles. The van der Waals surface area contributed by atoms with Gasteiger partial charge >= 0.3 is 5.97 Å². The number of halogens is 3. The summed E-state index contributed by atoms with van der Waals surface area (Å²) in [6.07, 6.45) is 0. The Morgan fingerprint density at radius 3 is 2.67 bits per heavy atom. The summed E-state index contributed by atoms with van der Waals surface area (Å²) in [7, 11) is 0. The highest BCUT2D eigenvalue weighted by molar-refractivity contribution is 14.1. The summed E-state index contributed by atoms with van der Waals surface area (Å²) in [4.78, 5) is 11.6. The molecule has 0 bridgehead atoms. The van der Waals surface area contributed by atoms with Crippen LogP contribution in [0.5, 0.6) is 5.75 Å². The zero-order valence-corrected chi connectivity index (χ0v) is 17.1. The number of nitrogens with zero attached hydrogens (tertiary/aromatic N) is 1. The van der Waals surface area contributed by atoms with Crippen molar-refractivity contribution in [3.05, 3.63) is 56.0 Å². The van der Waals surface area contributed by atoms with E-state index in [1.807, 2.05) is 12.1 Å². The first-order valence-electron chi connectivity index (χ1n) is 8.00. The predicted molar refractivity (Wildman–Crippen MR) is 108 cm³/mol. The highest BCUT2D eigenvalue weighted by Crippen LogP contribution is 2.51. The zero-order chi connectivity index (χ0) is 19.5. The van der Waals surface area contributed by atoms with E-state index in [-0.39, 0.29) is 10.7 Å². The summed E-state index contributed by atoms with van der Waals surface area (Å²) in [6.45, 7) is 3.57. The van der Waals surface area contributed by atoms with E-state index < -0.39 is 17.4 Å². The topological polar surface area (TPSA) is 75.2 Å². The summed E-state index contributed by atoms with van der Waals surface area (Å²) in [5.41, 5.74) is 2.08. The molecular weight excluding hydrogens is 486 g/mol. The Morgan fingerprint density at radius 2 is 2.00 bits per heavy atom. The molecule has 0 aliphatic carbocycles. The van der Waals surface area contributed by atoms with Crippen molar-refractivity contribution in [2.45, 2.75) is 19.4 Å². The monoisotopic (exact) mass is 498 g/mol. The molecule has 0 amide bonds. The summed E-state index contributed by atoms with van der Waals surface area (Å²) in [5.74, 6) is -0.988. The number of benzene rings is 2. The number of fused-ring (bicyclic) bond motifs is 3. The van der Waals surface area contributed by atoms with Gasteiger partial charge in [-0.3, -0.25) is 5.10 Å². The van der Waals surface area contributed by atoms with Crippen molar-refractivity contribution in [1.29, 1.82) is 0 Å². The van der Waals surface area contributed by atoms with Gasteiger partial charge in [0.25, 0.3) is 0 Å². The number of ether oxygens (including phenoxy) is 1. The van der Waals surface area contributed by atoms with Gasteiger partial charge in [-0.25, -0.2) is 9.18 Å². The van der Waals surface area contributed by atoms with Gasteiger partial charge in [-0.05, 0) is 66.8 Å². The molecule has 3 aromatic rings. The number of aromatic carboxylic acids is 1. The van der Waals surface area contributed by atoms with Gasteiger partial charge in [0.1, 0.15) is 22.9 Å². The van der Waals surface area contributed by atoms with Gasteiger partial charge < -0.3 is 9.84 Å². The number of H-pyrrole nitrogens is 1. The van der Waals surface area contributed by atoms with Crippen LogP contribution in [0.1, 0.15) is 29.9 Å². The van der Waals surface area contributed by atoms with Crippen LogP contribution in [0.4, 0.5) is 4.39 Å². The molecule has 1 aromatic heterocycles. The van der Waals surface area contributed by atoms with Gasteiger partial charge in [0.2, 0.25) is 0 Å². The molecule has 0 fully saturated rings. The Hall–Kier alpha value is -2.13. The van der Waals surface area contributed by atoms with Gasteiger partial charge in [-0.15, -0.1) is 0 Å². The first kappa shape index (κ1) is 18.2. The Kier molecular flexibility index (Phi) is 4.19. The average Bonchev–Trinajstić information content (AvgIpc) is 3.02. The summed E-state index contributed by atoms with van der Waals surface area (Å²) in [6, 6.07) is 7.90. The Bertz CT molecular complexity index is 1110. The van der Waals surface area contributed by atoms with E-state index in [0.717, 1.165) is 9.13 Å².